The molecular formula is C11H18N4O2S. The molecule has 0 saturated carbocycles. The maximum atomic E-state index is 12.5. The fourth-order valence-corrected chi connectivity index (χ4v) is 4.79. The van der Waals surface area contributed by atoms with E-state index in [1.165, 1.54) is 6.33 Å². The lowest BCUT2D eigenvalue weighted by Crippen LogP contribution is -2.38. The summed E-state index contributed by atoms with van der Waals surface area (Å²) in [6.07, 6.45) is 3.09. The van der Waals surface area contributed by atoms with E-state index in [4.69, 9.17) is 0 Å². The molecule has 2 fully saturated rings. The van der Waals surface area contributed by atoms with Crippen LogP contribution in [-0.4, -0.2) is 48.0 Å². The zero-order valence-electron chi connectivity index (χ0n) is 10.6. The molecule has 6 nitrogen and oxygen atoms in total. The van der Waals surface area contributed by atoms with Crippen LogP contribution < -0.4 is 5.32 Å². The number of nitrogens with zero attached hydrogens (tertiary/aromatic N) is 3. The zero-order chi connectivity index (χ0) is 12.9. The third-order valence-corrected chi connectivity index (χ3v) is 5.97. The first-order valence-electron chi connectivity index (χ1n) is 6.20. The molecule has 1 N–H and O–H groups in total. The summed E-state index contributed by atoms with van der Waals surface area (Å²) in [5.74, 6) is 0.877. The second-order valence-electron chi connectivity index (χ2n) is 5.27. The minimum absolute atomic E-state index is 0.0528. The van der Waals surface area contributed by atoms with Crippen molar-refractivity contribution in [3.05, 3.63) is 12.5 Å². The molecule has 3 heterocycles. The topological polar surface area (TPSA) is 67.2 Å². The highest BCUT2D eigenvalue weighted by Crippen LogP contribution is 2.35. The largest absolute Gasteiger partial charge is 0.339 e. The highest BCUT2D eigenvalue weighted by Gasteiger charge is 2.47. The number of hydrogen-bond acceptors (Lipinski definition) is 4. The molecule has 7 heteroatoms. The van der Waals surface area contributed by atoms with E-state index in [0.29, 0.717) is 18.4 Å². The first-order chi connectivity index (χ1) is 8.50. The Hall–Kier alpha value is -0.920. The number of sulfonamides is 1. The molecule has 0 spiro atoms. The second-order valence-corrected chi connectivity index (χ2v) is 7.11. The van der Waals surface area contributed by atoms with E-state index >= 15 is 0 Å². The smallest absolute Gasteiger partial charge is 0.262 e. The Labute approximate surface area is 107 Å². The van der Waals surface area contributed by atoms with Gasteiger partial charge in [0.1, 0.15) is 0 Å². The van der Waals surface area contributed by atoms with Crippen LogP contribution in [0.2, 0.25) is 0 Å². The molecule has 0 radical (unpaired) electrons. The third-order valence-electron chi connectivity index (χ3n) is 4.13. The minimum atomic E-state index is -3.44. The van der Waals surface area contributed by atoms with Crippen LogP contribution in [0.4, 0.5) is 0 Å². The molecule has 1 aromatic rings. The lowest BCUT2D eigenvalue weighted by Gasteiger charge is -2.22. The van der Waals surface area contributed by atoms with E-state index in [2.05, 4.69) is 10.3 Å². The fraction of sp³-hybridized carbons (Fsp3) is 0.727. The Bertz CT molecular complexity index is 553. The molecule has 0 amide bonds. The standard InChI is InChI=1S/C11H18N4O2S/c1-8-10-4-12-3-9(10)5-15(8)18(16,17)11-6-14(2)7-13-11/h6-10,12H,3-5H2,1-2H3. The van der Waals surface area contributed by atoms with Gasteiger partial charge in [-0.25, -0.2) is 13.4 Å². The molecule has 3 atom stereocenters. The van der Waals surface area contributed by atoms with Crippen LogP contribution in [0.5, 0.6) is 0 Å². The number of rotatable bonds is 2. The SMILES string of the molecule is CC1C2CNCC2CN1S(=O)(=O)c1cn(C)cn1. The van der Waals surface area contributed by atoms with E-state index in [0.717, 1.165) is 13.1 Å². The molecule has 2 aliphatic heterocycles. The highest BCUT2D eigenvalue weighted by molar-refractivity contribution is 7.89. The van der Waals surface area contributed by atoms with Crippen LogP contribution >= 0.6 is 0 Å². The maximum absolute atomic E-state index is 12.5. The highest BCUT2D eigenvalue weighted by atomic mass is 32.2. The van der Waals surface area contributed by atoms with Gasteiger partial charge in [0, 0.05) is 25.8 Å². The summed E-state index contributed by atoms with van der Waals surface area (Å²) in [7, 11) is -1.66. The van der Waals surface area contributed by atoms with Crippen LogP contribution in [0.1, 0.15) is 6.92 Å². The lowest BCUT2D eigenvalue weighted by atomic mass is 9.95. The van der Waals surface area contributed by atoms with Crippen molar-refractivity contribution in [2.75, 3.05) is 19.6 Å². The van der Waals surface area contributed by atoms with Crippen molar-refractivity contribution in [1.82, 2.24) is 19.2 Å². The van der Waals surface area contributed by atoms with Crippen molar-refractivity contribution >= 4 is 10.0 Å². The van der Waals surface area contributed by atoms with Gasteiger partial charge >= 0.3 is 0 Å². The predicted molar refractivity (Wildman–Crippen MR) is 66.4 cm³/mol. The lowest BCUT2D eigenvalue weighted by molar-refractivity contribution is 0.359. The molecule has 0 aromatic carbocycles. The minimum Gasteiger partial charge on any atom is -0.339 e. The van der Waals surface area contributed by atoms with Gasteiger partial charge in [0.15, 0.2) is 5.03 Å². The fourth-order valence-electron chi connectivity index (χ4n) is 3.09. The average Bonchev–Trinajstić information content (AvgIpc) is 2.96. The quantitative estimate of drug-likeness (QED) is 0.797. The van der Waals surface area contributed by atoms with Crippen molar-refractivity contribution in [2.45, 2.75) is 18.0 Å². The van der Waals surface area contributed by atoms with Crippen LogP contribution in [-0.2, 0) is 17.1 Å². The van der Waals surface area contributed by atoms with Crippen LogP contribution in [0.15, 0.2) is 17.6 Å². The van der Waals surface area contributed by atoms with Crippen LogP contribution in [0, 0.1) is 11.8 Å². The van der Waals surface area contributed by atoms with E-state index in [1.54, 1.807) is 22.1 Å². The monoisotopic (exact) mass is 270 g/mol. The van der Waals surface area contributed by atoms with Gasteiger partial charge in [-0.05, 0) is 31.8 Å². The van der Waals surface area contributed by atoms with E-state index in [-0.39, 0.29) is 11.1 Å². The summed E-state index contributed by atoms with van der Waals surface area (Å²) in [4.78, 5) is 3.98. The van der Waals surface area contributed by atoms with Gasteiger partial charge in [-0.3, -0.25) is 0 Å². The molecule has 3 rings (SSSR count). The van der Waals surface area contributed by atoms with Gasteiger partial charge in [0.05, 0.1) is 6.33 Å². The number of nitrogens with one attached hydrogen (secondary N) is 1. The maximum Gasteiger partial charge on any atom is 0.262 e. The Morgan fingerprint density at radius 3 is 2.83 bits per heavy atom. The van der Waals surface area contributed by atoms with Crippen molar-refractivity contribution in [1.29, 1.82) is 0 Å². The third kappa shape index (κ3) is 1.69. The Morgan fingerprint density at radius 1 is 1.44 bits per heavy atom. The number of fused-ring (bicyclic) bond motifs is 1. The normalized spacial score (nSPS) is 32.9. The van der Waals surface area contributed by atoms with E-state index in [9.17, 15) is 8.42 Å². The van der Waals surface area contributed by atoms with Crippen LogP contribution in [0.3, 0.4) is 0 Å². The van der Waals surface area contributed by atoms with Gasteiger partial charge in [-0.1, -0.05) is 0 Å². The zero-order valence-corrected chi connectivity index (χ0v) is 11.4. The average molecular weight is 270 g/mol. The molecule has 1 aromatic heterocycles. The number of imidazole rings is 1. The molecular weight excluding hydrogens is 252 g/mol. The van der Waals surface area contributed by atoms with Gasteiger partial charge in [-0.2, -0.15) is 4.31 Å². The van der Waals surface area contributed by atoms with Crippen molar-refractivity contribution in [3.63, 3.8) is 0 Å². The summed E-state index contributed by atoms with van der Waals surface area (Å²) in [5.41, 5.74) is 0. The number of aryl methyl sites for hydroxylation is 1. The molecule has 0 bridgehead atoms. The van der Waals surface area contributed by atoms with Gasteiger partial charge in [0.25, 0.3) is 10.0 Å². The molecule has 18 heavy (non-hydrogen) atoms. The molecule has 2 saturated heterocycles. The summed E-state index contributed by atoms with van der Waals surface area (Å²) < 4.78 is 28.3. The Kier molecular flexibility index (Phi) is 2.72. The van der Waals surface area contributed by atoms with Gasteiger partial charge < -0.3 is 9.88 Å². The van der Waals surface area contributed by atoms with Crippen molar-refractivity contribution in [2.24, 2.45) is 18.9 Å². The molecule has 100 valence electrons. The first kappa shape index (κ1) is 12.1. The van der Waals surface area contributed by atoms with Crippen molar-refractivity contribution in [3.8, 4) is 0 Å². The molecule has 2 aliphatic rings. The number of aromatic nitrogens is 2. The molecule has 3 unspecified atom stereocenters. The van der Waals surface area contributed by atoms with E-state index < -0.39 is 10.0 Å². The van der Waals surface area contributed by atoms with Crippen LogP contribution in [0.25, 0.3) is 0 Å². The Morgan fingerprint density at radius 2 is 2.22 bits per heavy atom. The van der Waals surface area contributed by atoms with Crippen molar-refractivity contribution < 1.29 is 8.42 Å². The Balaban J connectivity index is 1.91. The summed E-state index contributed by atoms with van der Waals surface area (Å²) in [6.45, 7) is 4.44. The summed E-state index contributed by atoms with van der Waals surface area (Å²) in [5, 5.41) is 3.49. The summed E-state index contributed by atoms with van der Waals surface area (Å²) in [6, 6.07) is 0.0528. The molecule has 0 aliphatic carbocycles. The van der Waals surface area contributed by atoms with Gasteiger partial charge in [-0.15, -0.1) is 0 Å². The first-order valence-corrected chi connectivity index (χ1v) is 7.64. The second kappa shape index (κ2) is 4.04. The van der Waals surface area contributed by atoms with Gasteiger partial charge in [0.2, 0.25) is 0 Å². The van der Waals surface area contributed by atoms with E-state index in [1.807, 2.05) is 6.92 Å². The number of hydrogen-bond donors (Lipinski definition) is 1. The summed E-state index contributed by atoms with van der Waals surface area (Å²) >= 11 is 0. The predicted octanol–water partition coefficient (Wildman–Crippen LogP) is -0.351.